The Morgan fingerprint density at radius 2 is 2.40 bits per heavy atom. The third kappa shape index (κ3) is 1.70. The van der Waals surface area contributed by atoms with E-state index in [0.717, 1.165) is 0 Å². The molecule has 0 saturated carbocycles. The summed E-state index contributed by atoms with van der Waals surface area (Å²) in [7, 11) is 0. The van der Waals surface area contributed by atoms with Gasteiger partial charge in [0.1, 0.15) is 11.1 Å². The standard InChI is InChI=1S/C11H10N2O6S/c1-4-5(2-12-19-4)7-9(18-11(16)17)13-8(15)6(3-14)10(13)20-7/h2,6,10,14H,3H2,1H3,(H,16,17)/t6-,10+/m0/s1. The van der Waals surface area contributed by atoms with E-state index in [1.54, 1.807) is 6.92 Å². The average molecular weight is 298 g/mol. The van der Waals surface area contributed by atoms with Gasteiger partial charge in [0.05, 0.1) is 29.2 Å². The zero-order valence-electron chi connectivity index (χ0n) is 10.3. The molecule has 0 aromatic carbocycles. The van der Waals surface area contributed by atoms with Crippen molar-refractivity contribution >= 4 is 28.7 Å². The Morgan fingerprint density at radius 3 is 2.95 bits per heavy atom. The Morgan fingerprint density at radius 1 is 1.65 bits per heavy atom. The zero-order chi connectivity index (χ0) is 14.4. The number of aromatic nitrogens is 1. The van der Waals surface area contributed by atoms with Gasteiger partial charge >= 0.3 is 6.16 Å². The van der Waals surface area contributed by atoms with E-state index in [4.69, 9.17) is 14.4 Å². The molecule has 0 unspecified atom stereocenters. The van der Waals surface area contributed by atoms with Crippen molar-refractivity contribution in [2.24, 2.45) is 5.92 Å². The minimum Gasteiger partial charge on any atom is -0.449 e. The summed E-state index contributed by atoms with van der Waals surface area (Å²) in [5.41, 5.74) is 0.574. The molecule has 1 aromatic heterocycles. The first-order valence-electron chi connectivity index (χ1n) is 5.72. The van der Waals surface area contributed by atoms with Gasteiger partial charge in [-0.15, -0.1) is 0 Å². The summed E-state index contributed by atoms with van der Waals surface area (Å²) < 4.78 is 9.68. The van der Waals surface area contributed by atoms with Crippen molar-refractivity contribution in [3.63, 3.8) is 0 Å². The average Bonchev–Trinajstić information content (AvgIpc) is 2.91. The number of carbonyl (C=O) groups excluding carboxylic acids is 1. The van der Waals surface area contributed by atoms with E-state index in [9.17, 15) is 14.7 Å². The van der Waals surface area contributed by atoms with Crippen LogP contribution in [0.2, 0.25) is 0 Å². The van der Waals surface area contributed by atoms with E-state index in [-0.39, 0.29) is 23.8 Å². The topological polar surface area (TPSA) is 113 Å². The number of ether oxygens (including phenoxy) is 1. The van der Waals surface area contributed by atoms with E-state index < -0.39 is 12.1 Å². The molecule has 3 rings (SSSR count). The van der Waals surface area contributed by atoms with Gasteiger partial charge in [0.25, 0.3) is 0 Å². The summed E-state index contributed by atoms with van der Waals surface area (Å²) in [6.07, 6.45) is -0.0687. The molecule has 2 aliphatic rings. The SMILES string of the molecule is Cc1oncc1C1=C(OC(=O)O)N2C(=O)[C@H](CO)[C@H]2S1. The lowest BCUT2D eigenvalue weighted by Gasteiger charge is -2.40. The third-order valence-electron chi connectivity index (χ3n) is 3.18. The molecule has 3 heterocycles. The molecule has 2 atom stereocenters. The lowest BCUT2D eigenvalue weighted by Crippen LogP contribution is -2.58. The number of amides is 1. The van der Waals surface area contributed by atoms with Crippen LogP contribution in [0.1, 0.15) is 11.3 Å². The van der Waals surface area contributed by atoms with E-state index >= 15 is 0 Å². The first-order valence-corrected chi connectivity index (χ1v) is 6.60. The largest absolute Gasteiger partial charge is 0.512 e. The molecule has 0 radical (unpaired) electrons. The number of hydrogen-bond acceptors (Lipinski definition) is 7. The highest BCUT2D eigenvalue weighted by Crippen LogP contribution is 2.53. The maximum absolute atomic E-state index is 11.9. The second-order valence-corrected chi connectivity index (χ2v) is 5.43. The Balaban J connectivity index is 2.02. The number of fused-ring (bicyclic) bond motifs is 1. The van der Waals surface area contributed by atoms with Crippen molar-refractivity contribution in [1.29, 1.82) is 0 Å². The van der Waals surface area contributed by atoms with Crippen molar-refractivity contribution in [3.8, 4) is 0 Å². The van der Waals surface area contributed by atoms with Crippen molar-refractivity contribution < 1.29 is 29.1 Å². The molecule has 8 nitrogen and oxygen atoms in total. The summed E-state index contributed by atoms with van der Waals surface area (Å²) in [5, 5.41) is 21.3. The van der Waals surface area contributed by atoms with Crippen LogP contribution >= 0.6 is 11.8 Å². The lowest BCUT2D eigenvalue weighted by molar-refractivity contribution is -0.151. The third-order valence-corrected chi connectivity index (χ3v) is 4.59. The van der Waals surface area contributed by atoms with Gasteiger partial charge in [-0.25, -0.2) is 4.79 Å². The van der Waals surface area contributed by atoms with Crippen molar-refractivity contribution in [2.75, 3.05) is 6.61 Å². The Labute approximate surface area is 117 Å². The fourth-order valence-electron chi connectivity index (χ4n) is 2.20. The van der Waals surface area contributed by atoms with Crippen LogP contribution in [-0.4, -0.2) is 44.3 Å². The Hall–Kier alpha value is -2.00. The number of β-lactam (4-membered cyclic amide) rings is 1. The van der Waals surface area contributed by atoms with Crippen LogP contribution in [0.4, 0.5) is 4.79 Å². The van der Waals surface area contributed by atoms with Gasteiger partial charge in [0.2, 0.25) is 11.8 Å². The molecule has 1 fully saturated rings. The summed E-state index contributed by atoms with van der Waals surface area (Å²) in [6.45, 7) is 1.39. The molecular formula is C11H10N2O6S. The Kier molecular flexibility index (Phi) is 2.94. The van der Waals surface area contributed by atoms with E-state index in [1.165, 1.54) is 22.9 Å². The molecule has 106 valence electrons. The normalized spacial score (nSPS) is 24.7. The van der Waals surface area contributed by atoms with Gasteiger partial charge in [-0.3, -0.25) is 9.69 Å². The highest BCUT2D eigenvalue weighted by molar-refractivity contribution is 8.09. The minimum atomic E-state index is -1.51. The molecule has 1 aromatic rings. The van der Waals surface area contributed by atoms with Crippen LogP contribution in [-0.2, 0) is 9.53 Å². The van der Waals surface area contributed by atoms with Crippen molar-refractivity contribution in [3.05, 3.63) is 23.4 Å². The van der Waals surface area contributed by atoms with Crippen LogP contribution in [0.5, 0.6) is 0 Å². The summed E-state index contributed by atoms with van der Waals surface area (Å²) in [6, 6.07) is 0. The summed E-state index contributed by atoms with van der Waals surface area (Å²) >= 11 is 1.26. The molecule has 0 bridgehead atoms. The molecule has 2 aliphatic heterocycles. The smallest absolute Gasteiger partial charge is 0.449 e. The molecule has 2 N–H and O–H groups in total. The second-order valence-electron chi connectivity index (χ2n) is 4.30. The predicted molar refractivity (Wildman–Crippen MR) is 66.1 cm³/mol. The number of aryl methyl sites for hydroxylation is 1. The van der Waals surface area contributed by atoms with Gasteiger partial charge in [-0.1, -0.05) is 16.9 Å². The summed E-state index contributed by atoms with van der Waals surface area (Å²) in [4.78, 5) is 24.4. The molecular weight excluding hydrogens is 288 g/mol. The van der Waals surface area contributed by atoms with Crippen molar-refractivity contribution in [1.82, 2.24) is 10.1 Å². The van der Waals surface area contributed by atoms with Crippen LogP contribution in [0.15, 0.2) is 16.6 Å². The van der Waals surface area contributed by atoms with Gasteiger partial charge < -0.3 is 19.5 Å². The first-order chi connectivity index (χ1) is 9.54. The molecule has 20 heavy (non-hydrogen) atoms. The number of rotatable bonds is 3. The predicted octanol–water partition coefficient (Wildman–Crippen LogP) is 0.827. The first kappa shape index (κ1) is 13.0. The van der Waals surface area contributed by atoms with Crippen LogP contribution in [0.3, 0.4) is 0 Å². The Bertz CT molecular complexity index is 624. The molecule has 9 heteroatoms. The van der Waals surface area contributed by atoms with Crippen LogP contribution < -0.4 is 0 Å². The maximum atomic E-state index is 11.9. The molecule has 1 saturated heterocycles. The molecule has 1 amide bonds. The zero-order valence-corrected chi connectivity index (χ0v) is 11.1. The minimum absolute atomic E-state index is 0.0477. The number of carbonyl (C=O) groups is 2. The second kappa shape index (κ2) is 4.53. The number of nitrogens with zero attached hydrogens (tertiary/aromatic N) is 2. The van der Waals surface area contributed by atoms with E-state index in [1.807, 2.05) is 0 Å². The van der Waals surface area contributed by atoms with Gasteiger partial charge in [-0.2, -0.15) is 0 Å². The monoisotopic (exact) mass is 298 g/mol. The van der Waals surface area contributed by atoms with Crippen molar-refractivity contribution in [2.45, 2.75) is 12.3 Å². The van der Waals surface area contributed by atoms with Gasteiger partial charge in [0.15, 0.2) is 0 Å². The van der Waals surface area contributed by atoms with E-state index in [2.05, 4.69) is 5.16 Å². The highest BCUT2D eigenvalue weighted by atomic mass is 32.2. The van der Waals surface area contributed by atoms with Crippen LogP contribution in [0.25, 0.3) is 4.91 Å². The molecule has 0 spiro atoms. The maximum Gasteiger partial charge on any atom is 0.512 e. The molecule has 0 aliphatic carbocycles. The van der Waals surface area contributed by atoms with Gasteiger partial charge in [-0.05, 0) is 6.92 Å². The highest BCUT2D eigenvalue weighted by Gasteiger charge is 2.56. The number of aliphatic hydroxyl groups is 1. The van der Waals surface area contributed by atoms with Gasteiger partial charge in [0, 0.05) is 0 Å². The number of aliphatic hydroxyl groups excluding tert-OH is 1. The fourth-order valence-corrected chi connectivity index (χ4v) is 3.67. The quantitative estimate of drug-likeness (QED) is 0.623. The number of thioether (sulfide) groups is 1. The number of hydrogen-bond donors (Lipinski definition) is 2. The van der Waals surface area contributed by atoms with Crippen LogP contribution in [0, 0.1) is 12.8 Å². The van der Waals surface area contributed by atoms with E-state index in [0.29, 0.717) is 16.2 Å². The lowest BCUT2D eigenvalue weighted by atomic mass is 10.00. The fraction of sp³-hybridized carbons (Fsp3) is 0.364. The summed E-state index contributed by atoms with van der Waals surface area (Å²) in [5.74, 6) is -0.460. The number of carboxylic acid groups (broad SMARTS) is 1.